The molecule has 0 amide bonds. The summed E-state index contributed by atoms with van der Waals surface area (Å²) in [5.74, 6) is 0.817. The molecule has 8 heteroatoms. The number of aromatic nitrogens is 2. The molecule has 3 aliphatic rings. The number of piperidine rings is 2. The molecule has 1 unspecified atom stereocenters. The monoisotopic (exact) mass is 552 g/mol. The van der Waals surface area contributed by atoms with Gasteiger partial charge in [-0.25, -0.2) is 9.37 Å². The smallest absolute Gasteiger partial charge is 0.141 e. The van der Waals surface area contributed by atoms with Gasteiger partial charge in [-0.05, 0) is 107 Å². The first kappa shape index (κ1) is 27.7. The van der Waals surface area contributed by atoms with Crippen LogP contribution in [-0.4, -0.2) is 46.2 Å². The summed E-state index contributed by atoms with van der Waals surface area (Å²) in [6.45, 7) is 5.29. The van der Waals surface area contributed by atoms with Crippen LogP contribution in [0.15, 0.2) is 42.5 Å². The molecule has 3 fully saturated rings. The van der Waals surface area contributed by atoms with Crippen molar-refractivity contribution in [2.75, 3.05) is 19.6 Å². The molecule has 0 saturated carbocycles. The third kappa shape index (κ3) is 4.90. The highest BCUT2D eigenvalue weighted by Crippen LogP contribution is 2.44. The molecule has 36 heavy (non-hydrogen) atoms. The predicted octanol–water partition coefficient (Wildman–Crippen LogP) is 6.86. The van der Waals surface area contributed by atoms with Crippen molar-refractivity contribution in [2.45, 2.75) is 75.4 Å². The number of aryl methyl sites for hydroxylation is 1. The number of nitrogens with zero attached hydrogens (tertiary/aromatic N) is 3. The Bertz CT molecular complexity index is 1180. The van der Waals surface area contributed by atoms with Crippen molar-refractivity contribution in [2.24, 2.45) is 0 Å². The molecule has 1 aromatic heterocycles. The summed E-state index contributed by atoms with van der Waals surface area (Å²) in [6, 6.07) is 15.8. The van der Waals surface area contributed by atoms with E-state index in [1.165, 1.54) is 36.8 Å². The van der Waals surface area contributed by atoms with Gasteiger partial charge in [-0.2, -0.15) is 0 Å². The number of para-hydroxylation sites is 2. The minimum absolute atomic E-state index is 0. The molecule has 6 rings (SSSR count). The third-order valence-corrected chi connectivity index (χ3v) is 9.23. The molecule has 4 nitrogen and oxygen atoms in total. The largest absolute Gasteiger partial charge is 0.325 e. The third-order valence-electron chi connectivity index (χ3n) is 8.94. The van der Waals surface area contributed by atoms with Gasteiger partial charge < -0.3 is 9.88 Å². The molecule has 4 heterocycles. The summed E-state index contributed by atoms with van der Waals surface area (Å²) >= 11 is 6.21. The molecule has 0 aliphatic carbocycles. The topological polar surface area (TPSA) is 33.1 Å². The molecule has 0 radical (unpaired) electrons. The van der Waals surface area contributed by atoms with Crippen molar-refractivity contribution in [1.29, 1.82) is 0 Å². The SMILES string of the molecule is Cc1nc2ccccc2n1C1C[C@H]2CC[C@@H](C1)N2CCC1(c2ccc(F)c(Cl)c2)CCNCC1.Cl.Cl. The summed E-state index contributed by atoms with van der Waals surface area (Å²) in [5, 5.41) is 3.76. The number of hydrogen-bond donors (Lipinski definition) is 1. The number of imidazole rings is 1. The molecule has 3 aliphatic heterocycles. The van der Waals surface area contributed by atoms with E-state index in [0.29, 0.717) is 18.1 Å². The summed E-state index contributed by atoms with van der Waals surface area (Å²) in [4.78, 5) is 7.64. The fourth-order valence-corrected chi connectivity index (χ4v) is 7.39. The van der Waals surface area contributed by atoms with E-state index >= 15 is 0 Å². The highest BCUT2D eigenvalue weighted by atomic mass is 35.5. The molecular weight excluding hydrogens is 518 g/mol. The predicted molar refractivity (Wildman–Crippen MR) is 151 cm³/mol. The van der Waals surface area contributed by atoms with Crippen LogP contribution < -0.4 is 5.32 Å². The highest BCUT2D eigenvalue weighted by molar-refractivity contribution is 6.30. The maximum Gasteiger partial charge on any atom is 0.141 e. The fraction of sp³-hybridized carbons (Fsp3) is 0.536. The summed E-state index contributed by atoms with van der Waals surface area (Å²) < 4.78 is 16.4. The first-order chi connectivity index (χ1) is 16.5. The van der Waals surface area contributed by atoms with Gasteiger partial charge in [-0.15, -0.1) is 24.8 Å². The van der Waals surface area contributed by atoms with Gasteiger partial charge in [0.1, 0.15) is 11.6 Å². The lowest BCUT2D eigenvalue weighted by atomic mass is 9.70. The Labute approximate surface area is 230 Å². The van der Waals surface area contributed by atoms with Crippen molar-refractivity contribution >= 4 is 47.4 Å². The van der Waals surface area contributed by atoms with Gasteiger partial charge in [0.05, 0.1) is 16.1 Å². The Morgan fingerprint density at radius 1 is 1.03 bits per heavy atom. The second-order valence-corrected chi connectivity index (χ2v) is 11.1. The van der Waals surface area contributed by atoms with Crippen LogP contribution in [0.3, 0.4) is 0 Å². The minimum atomic E-state index is -0.322. The first-order valence-electron chi connectivity index (χ1n) is 12.9. The lowest BCUT2D eigenvalue weighted by Crippen LogP contribution is -2.47. The summed E-state index contributed by atoms with van der Waals surface area (Å²) in [6.07, 6.45) is 8.28. The van der Waals surface area contributed by atoms with Gasteiger partial charge in [0.2, 0.25) is 0 Å². The van der Waals surface area contributed by atoms with Gasteiger partial charge >= 0.3 is 0 Å². The van der Waals surface area contributed by atoms with Crippen molar-refractivity contribution in [1.82, 2.24) is 19.8 Å². The quantitative estimate of drug-likeness (QED) is 0.375. The zero-order valence-electron chi connectivity index (χ0n) is 20.8. The van der Waals surface area contributed by atoms with Crippen molar-refractivity contribution in [3.05, 3.63) is 64.7 Å². The lowest BCUT2D eigenvalue weighted by molar-refractivity contribution is 0.0929. The van der Waals surface area contributed by atoms with E-state index < -0.39 is 0 Å². The van der Waals surface area contributed by atoms with Crippen LogP contribution >= 0.6 is 36.4 Å². The van der Waals surface area contributed by atoms with E-state index in [1.54, 1.807) is 6.07 Å². The fourth-order valence-electron chi connectivity index (χ4n) is 7.20. The Morgan fingerprint density at radius 2 is 1.72 bits per heavy atom. The zero-order chi connectivity index (χ0) is 23.3. The Kier molecular flexibility index (Phi) is 8.58. The van der Waals surface area contributed by atoms with E-state index in [2.05, 4.69) is 46.0 Å². The molecule has 2 bridgehead atoms. The van der Waals surface area contributed by atoms with Gasteiger partial charge in [0, 0.05) is 18.1 Å². The molecule has 3 saturated heterocycles. The van der Waals surface area contributed by atoms with Gasteiger partial charge in [-0.1, -0.05) is 29.8 Å². The van der Waals surface area contributed by atoms with Crippen LogP contribution in [0.5, 0.6) is 0 Å². The summed E-state index contributed by atoms with van der Waals surface area (Å²) in [5.41, 5.74) is 3.68. The second kappa shape index (κ2) is 11.2. The molecule has 196 valence electrons. The Balaban J connectivity index is 0.00000152. The van der Waals surface area contributed by atoms with E-state index in [9.17, 15) is 4.39 Å². The van der Waals surface area contributed by atoms with Crippen LogP contribution in [-0.2, 0) is 5.41 Å². The zero-order valence-corrected chi connectivity index (χ0v) is 23.1. The van der Waals surface area contributed by atoms with E-state index in [-0.39, 0.29) is 41.1 Å². The number of hydrogen-bond acceptors (Lipinski definition) is 3. The molecular formula is C28H36Cl3FN4. The van der Waals surface area contributed by atoms with Crippen molar-refractivity contribution < 1.29 is 4.39 Å². The van der Waals surface area contributed by atoms with Crippen LogP contribution in [0.1, 0.15) is 62.4 Å². The van der Waals surface area contributed by atoms with Crippen LogP contribution in [0.2, 0.25) is 5.02 Å². The van der Waals surface area contributed by atoms with Crippen LogP contribution in [0.25, 0.3) is 11.0 Å². The molecule has 0 spiro atoms. The Morgan fingerprint density at radius 3 is 2.42 bits per heavy atom. The molecule has 3 atom stereocenters. The molecule has 1 N–H and O–H groups in total. The number of fused-ring (bicyclic) bond motifs is 3. The average molecular weight is 554 g/mol. The number of benzene rings is 2. The van der Waals surface area contributed by atoms with Gasteiger partial charge in [0.15, 0.2) is 0 Å². The first-order valence-corrected chi connectivity index (χ1v) is 13.3. The van der Waals surface area contributed by atoms with E-state index in [1.807, 2.05) is 12.1 Å². The summed E-state index contributed by atoms with van der Waals surface area (Å²) in [7, 11) is 0. The van der Waals surface area contributed by atoms with Gasteiger partial charge in [-0.3, -0.25) is 4.90 Å². The van der Waals surface area contributed by atoms with Gasteiger partial charge in [0.25, 0.3) is 0 Å². The molecule has 3 aromatic rings. The lowest BCUT2D eigenvalue weighted by Gasteiger charge is -2.44. The normalized spacial score (nSPS) is 25.4. The number of nitrogens with one attached hydrogen (secondary N) is 1. The van der Waals surface area contributed by atoms with Crippen LogP contribution in [0, 0.1) is 12.7 Å². The standard InChI is InChI=1S/C28H34ClFN4.2ClH/c1-19-32-26-4-2-3-5-27(26)34(19)23-17-21-7-8-22(18-23)33(21)15-12-28(10-13-31-14-11-28)20-6-9-25(30)24(29)16-20;;/h2-6,9,16,21-23,31H,7-8,10-15,17-18H2,1H3;2*1H/t21-,22+,23?;;. The van der Waals surface area contributed by atoms with Crippen molar-refractivity contribution in [3.8, 4) is 0 Å². The Hall–Kier alpha value is -1.37. The second-order valence-electron chi connectivity index (χ2n) is 10.7. The maximum atomic E-state index is 13.9. The van der Waals surface area contributed by atoms with Crippen LogP contribution in [0.4, 0.5) is 4.39 Å². The number of halogens is 4. The van der Waals surface area contributed by atoms with E-state index in [4.69, 9.17) is 16.6 Å². The van der Waals surface area contributed by atoms with Crippen molar-refractivity contribution in [3.63, 3.8) is 0 Å². The molecule has 2 aromatic carbocycles. The van der Waals surface area contributed by atoms with E-state index in [0.717, 1.165) is 50.2 Å². The maximum absolute atomic E-state index is 13.9. The minimum Gasteiger partial charge on any atom is -0.325 e. The average Bonchev–Trinajstić information content (AvgIpc) is 3.31. The number of rotatable bonds is 5. The highest BCUT2D eigenvalue weighted by Gasteiger charge is 2.43.